The van der Waals surface area contributed by atoms with E-state index in [1.807, 2.05) is 0 Å². The van der Waals surface area contributed by atoms with Gasteiger partial charge in [0.1, 0.15) is 0 Å². The quantitative estimate of drug-likeness (QED) is 0.483. The number of halogens is 10. The Kier molecular flexibility index (Phi) is 4.41. The zero-order valence-electron chi connectivity index (χ0n) is 12.3. The highest BCUT2D eigenvalue weighted by Crippen LogP contribution is 2.61. The van der Waals surface area contributed by atoms with E-state index >= 15 is 0 Å². The Morgan fingerprint density at radius 1 is 0.667 bits per heavy atom. The molecule has 16 heteroatoms. The zero-order valence-corrected chi connectivity index (χ0v) is 13.9. The lowest BCUT2D eigenvalue weighted by Crippen LogP contribution is -2.67. The maximum atomic E-state index is 13.9. The summed E-state index contributed by atoms with van der Waals surface area (Å²) in [5, 5.41) is -13.7. The summed E-state index contributed by atoms with van der Waals surface area (Å²) in [4.78, 5) is 0. The summed E-state index contributed by atoms with van der Waals surface area (Å²) in [5.74, 6) is -17.9. The van der Waals surface area contributed by atoms with Gasteiger partial charge < -0.3 is 0 Å². The molecule has 0 amide bonds. The normalized spacial score (nSPS) is 25.3. The van der Waals surface area contributed by atoms with Gasteiger partial charge in [-0.25, -0.2) is 34.4 Å². The number of hydrogen-bond acceptors (Lipinski definition) is 4. The summed E-state index contributed by atoms with van der Waals surface area (Å²) in [6.07, 6.45) is 0. The molecule has 1 aromatic rings. The van der Waals surface area contributed by atoms with E-state index in [0.29, 0.717) is 6.92 Å². The van der Waals surface area contributed by atoms with Gasteiger partial charge in [0.2, 0.25) is 24.3 Å². The van der Waals surface area contributed by atoms with Gasteiger partial charge in [0.05, 0.1) is 5.56 Å². The molecule has 0 bridgehead atoms. The van der Waals surface area contributed by atoms with Crippen molar-refractivity contribution in [3.8, 4) is 0 Å². The molecule has 0 atom stereocenters. The lowest BCUT2D eigenvalue weighted by Gasteiger charge is -2.39. The van der Waals surface area contributed by atoms with E-state index in [9.17, 15) is 60.7 Å². The number of hydrogen-bond donors (Lipinski definition) is 0. The third kappa shape index (κ3) is 2.22. The Morgan fingerprint density at radius 3 is 1.26 bits per heavy atom. The molecular formula is C11H4F10O4S2. The van der Waals surface area contributed by atoms with E-state index in [0.717, 1.165) is 0 Å². The van der Waals surface area contributed by atoms with Crippen LogP contribution in [0.2, 0.25) is 0 Å². The molecule has 0 radical (unpaired) electrons. The van der Waals surface area contributed by atoms with Crippen molar-refractivity contribution in [2.75, 3.05) is 0 Å². The highest BCUT2D eigenvalue weighted by molar-refractivity contribution is 8.10. The van der Waals surface area contributed by atoms with Crippen molar-refractivity contribution < 1.29 is 60.7 Å². The molecule has 1 fully saturated rings. The summed E-state index contributed by atoms with van der Waals surface area (Å²) < 4.78 is 177. The van der Waals surface area contributed by atoms with Gasteiger partial charge in [-0.2, -0.15) is 26.3 Å². The highest BCUT2D eigenvalue weighted by atomic mass is 32.3. The minimum Gasteiger partial charge on any atom is -0.221 e. The summed E-state index contributed by atoms with van der Waals surface area (Å²) >= 11 is 0. The van der Waals surface area contributed by atoms with Crippen molar-refractivity contribution in [2.45, 2.75) is 27.9 Å². The third-order valence-corrected chi connectivity index (χ3v) is 8.82. The van der Waals surface area contributed by atoms with E-state index in [1.165, 1.54) is 0 Å². The van der Waals surface area contributed by atoms with E-state index in [2.05, 4.69) is 0 Å². The lowest BCUT2D eigenvalue weighted by atomic mass is 10.1. The fourth-order valence-electron chi connectivity index (χ4n) is 2.24. The standard InChI is InChI=1S/C11H4F10O4S2/c1-2-4(12)6(14)3(7(15)5(2)13)8-26(22,23)10(18,19)9(16,17)11(20,21)27(8,24)25/h8H,1H3. The van der Waals surface area contributed by atoms with Crippen molar-refractivity contribution in [3.05, 3.63) is 34.4 Å². The maximum absolute atomic E-state index is 13.9. The topological polar surface area (TPSA) is 68.3 Å². The fraction of sp³-hybridized carbons (Fsp3) is 0.455. The molecular weight excluding hydrogens is 450 g/mol. The largest absolute Gasteiger partial charge is 0.416 e. The average Bonchev–Trinajstić information content (AvgIpc) is 2.52. The highest BCUT2D eigenvalue weighted by Gasteiger charge is 2.89. The van der Waals surface area contributed by atoms with Gasteiger partial charge >= 0.3 is 16.4 Å². The average molecular weight is 454 g/mol. The molecule has 0 unspecified atom stereocenters. The summed E-state index contributed by atoms with van der Waals surface area (Å²) in [6.45, 7) is 0.349. The van der Waals surface area contributed by atoms with Crippen LogP contribution in [0.4, 0.5) is 43.9 Å². The van der Waals surface area contributed by atoms with Crippen LogP contribution in [0.25, 0.3) is 0 Å². The molecule has 2 rings (SSSR count). The molecule has 1 aromatic carbocycles. The van der Waals surface area contributed by atoms with Gasteiger partial charge in [-0.15, -0.1) is 0 Å². The van der Waals surface area contributed by atoms with Gasteiger partial charge in [0.15, 0.2) is 23.3 Å². The minimum atomic E-state index is -7.40. The summed E-state index contributed by atoms with van der Waals surface area (Å²) in [7, 11) is -14.8. The Morgan fingerprint density at radius 2 is 0.963 bits per heavy atom. The molecule has 1 heterocycles. The van der Waals surface area contributed by atoms with E-state index in [1.54, 1.807) is 0 Å². The van der Waals surface area contributed by atoms with Gasteiger partial charge in [0, 0.05) is 5.56 Å². The van der Waals surface area contributed by atoms with E-state index in [4.69, 9.17) is 0 Å². The molecule has 154 valence electrons. The van der Waals surface area contributed by atoms with Crippen LogP contribution >= 0.6 is 0 Å². The number of benzene rings is 1. The molecule has 1 saturated heterocycles. The van der Waals surface area contributed by atoms with Crippen molar-refractivity contribution >= 4 is 19.7 Å². The van der Waals surface area contributed by atoms with Crippen LogP contribution in [0, 0.1) is 30.2 Å². The molecule has 1 aliphatic heterocycles. The van der Waals surface area contributed by atoms with E-state index < -0.39 is 75.1 Å². The second-order valence-corrected chi connectivity index (χ2v) is 9.77. The second-order valence-electron chi connectivity index (χ2n) is 5.32. The third-order valence-electron chi connectivity index (χ3n) is 3.76. The lowest BCUT2D eigenvalue weighted by molar-refractivity contribution is -0.246. The Balaban J connectivity index is 3.11. The fourth-order valence-corrected chi connectivity index (χ4v) is 6.91. The molecule has 0 aromatic heterocycles. The van der Waals surface area contributed by atoms with Gasteiger partial charge in [-0.05, 0) is 6.92 Å². The first-order valence-corrected chi connectivity index (χ1v) is 9.32. The number of sulfone groups is 2. The zero-order chi connectivity index (χ0) is 21.5. The van der Waals surface area contributed by atoms with Crippen molar-refractivity contribution in [2.24, 2.45) is 0 Å². The van der Waals surface area contributed by atoms with Crippen LogP contribution in [0.15, 0.2) is 0 Å². The molecule has 27 heavy (non-hydrogen) atoms. The SMILES string of the molecule is Cc1c(F)c(F)c(C2S(=O)(=O)C(F)(F)C(F)(F)C(F)(F)S2(=O)=O)c(F)c1F. The maximum Gasteiger partial charge on any atom is 0.416 e. The molecule has 0 N–H and O–H groups in total. The molecule has 1 aliphatic rings. The number of rotatable bonds is 1. The Labute approximate surface area is 143 Å². The second kappa shape index (κ2) is 5.48. The number of alkyl halides is 6. The van der Waals surface area contributed by atoms with Crippen LogP contribution in [-0.2, 0) is 19.7 Å². The first kappa shape index (κ1) is 21.7. The van der Waals surface area contributed by atoms with Crippen LogP contribution in [0.1, 0.15) is 15.7 Å². The first-order valence-electron chi connectivity index (χ1n) is 6.22. The van der Waals surface area contributed by atoms with Crippen LogP contribution in [-0.4, -0.2) is 33.3 Å². The predicted molar refractivity (Wildman–Crippen MR) is 66.4 cm³/mol. The van der Waals surface area contributed by atoms with Crippen molar-refractivity contribution in [1.29, 1.82) is 0 Å². The first-order chi connectivity index (χ1) is 11.8. The summed E-state index contributed by atoms with van der Waals surface area (Å²) in [5.41, 5.74) is -4.45. The Hall–Kier alpha value is -1.58. The van der Waals surface area contributed by atoms with Crippen molar-refractivity contribution in [1.82, 2.24) is 0 Å². The van der Waals surface area contributed by atoms with Crippen LogP contribution in [0.5, 0.6) is 0 Å². The molecule has 0 aliphatic carbocycles. The minimum absolute atomic E-state index is 0.349. The molecule has 4 nitrogen and oxygen atoms in total. The Bertz CT molecular complexity index is 968. The predicted octanol–water partition coefficient (Wildman–Crippen LogP) is 3.21. The van der Waals surface area contributed by atoms with Crippen LogP contribution in [0.3, 0.4) is 0 Å². The van der Waals surface area contributed by atoms with Gasteiger partial charge in [-0.1, -0.05) is 0 Å². The van der Waals surface area contributed by atoms with Crippen molar-refractivity contribution in [3.63, 3.8) is 0 Å². The molecule has 0 spiro atoms. The van der Waals surface area contributed by atoms with E-state index in [-0.39, 0.29) is 0 Å². The van der Waals surface area contributed by atoms with Gasteiger partial charge in [0.25, 0.3) is 0 Å². The van der Waals surface area contributed by atoms with Gasteiger partial charge in [-0.3, -0.25) is 0 Å². The smallest absolute Gasteiger partial charge is 0.221 e. The van der Waals surface area contributed by atoms with Crippen LogP contribution < -0.4 is 0 Å². The summed E-state index contributed by atoms with van der Waals surface area (Å²) in [6, 6.07) is 0. The molecule has 0 saturated carbocycles. The monoisotopic (exact) mass is 454 g/mol.